The molecule has 0 rings (SSSR count). The van der Waals surface area contributed by atoms with Crippen LogP contribution in [-0.4, -0.2) is 27.0 Å². The zero-order valence-electron chi connectivity index (χ0n) is 9.38. The maximum Gasteiger partial charge on any atom is 0.190 e. The van der Waals surface area contributed by atoms with Gasteiger partial charge in [0.05, 0.1) is 11.5 Å². The van der Waals surface area contributed by atoms with Crippen molar-refractivity contribution < 1.29 is 18.9 Å². The maximum absolute atomic E-state index is 5.04. The Morgan fingerprint density at radius 3 is 1.67 bits per heavy atom. The third kappa shape index (κ3) is 13.0. The smallest absolute Gasteiger partial charge is 0.190 e. The molecule has 5 heteroatoms. The number of hydrogen-bond acceptors (Lipinski definition) is 5. The van der Waals surface area contributed by atoms with E-state index in [0.717, 1.165) is 0 Å². The van der Waals surface area contributed by atoms with E-state index in [0.29, 0.717) is 25.0 Å². The molecule has 0 heterocycles. The van der Waals surface area contributed by atoms with Crippen molar-refractivity contribution in [3.05, 3.63) is 24.7 Å². The van der Waals surface area contributed by atoms with Crippen molar-refractivity contribution in [2.24, 2.45) is 0 Å². The molecule has 1 N–H and O–H groups in total. The number of hydrogen-bond donors (Lipinski definition) is 1. The summed E-state index contributed by atoms with van der Waals surface area (Å²) >= 11 is 0. The van der Waals surface area contributed by atoms with Gasteiger partial charge in [-0.1, -0.05) is 13.2 Å². The SMILES string of the molecule is C=C(C)OCOCNCOCOC(=C)C. The Kier molecular flexibility index (Phi) is 8.85. The monoisotopic (exact) mass is 217 g/mol. The molecule has 0 aromatic heterocycles. The van der Waals surface area contributed by atoms with Gasteiger partial charge in [-0.15, -0.1) is 0 Å². The Hall–Kier alpha value is -1.04. The van der Waals surface area contributed by atoms with Gasteiger partial charge in [0.2, 0.25) is 0 Å². The van der Waals surface area contributed by atoms with E-state index in [4.69, 9.17) is 18.9 Å². The van der Waals surface area contributed by atoms with Gasteiger partial charge in [-0.2, -0.15) is 0 Å². The highest BCUT2D eigenvalue weighted by Crippen LogP contribution is 1.90. The largest absolute Gasteiger partial charge is 0.473 e. The summed E-state index contributed by atoms with van der Waals surface area (Å²) in [6, 6.07) is 0. The lowest BCUT2D eigenvalue weighted by molar-refractivity contribution is -0.0614. The van der Waals surface area contributed by atoms with E-state index in [1.165, 1.54) is 0 Å². The van der Waals surface area contributed by atoms with Crippen molar-refractivity contribution in [3.8, 4) is 0 Å². The lowest BCUT2D eigenvalue weighted by Crippen LogP contribution is -2.22. The van der Waals surface area contributed by atoms with Gasteiger partial charge in [0, 0.05) is 0 Å². The molecular weight excluding hydrogens is 198 g/mol. The highest BCUT2D eigenvalue weighted by atomic mass is 16.7. The molecular formula is C10H19NO4. The Labute approximate surface area is 90.6 Å². The number of nitrogens with one attached hydrogen (secondary N) is 1. The molecule has 0 saturated heterocycles. The normalized spacial score (nSPS) is 9.73. The minimum atomic E-state index is 0.185. The first-order chi connectivity index (χ1) is 7.13. The molecule has 15 heavy (non-hydrogen) atoms. The van der Waals surface area contributed by atoms with Crippen LogP contribution < -0.4 is 5.32 Å². The summed E-state index contributed by atoms with van der Waals surface area (Å²) in [5.41, 5.74) is 0. The van der Waals surface area contributed by atoms with Crippen LogP contribution >= 0.6 is 0 Å². The summed E-state index contributed by atoms with van der Waals surface area (Å²) in [6.45, 7) is 11.7. The van der Waals surface area contributed by atoms with E-state index in [-0.39, 0.29) is 13.6 Å². The van der Waals surface area contributed by atoms with Crippen LogP contribution in [0.3, 0.4) is 0 Å². The van der Waals surface area contributed by atoms with Crippen LogP contribution in [0, 0.1) is 0 Å². The molecule has 0 atom stereocenters. The average Bonchev–Trinajstić information content (AvgIpc) is 2.14. The molecule has 0 aromatic rings. The van der Waals surface area contributed by atoms with Crippen molar-refractivity contribution in [2.75, 3.05) is 27.0 Å². The summed E-state index contributed by atoms with van der Waals surface area (Å²) in [6.07, 6.45) is 0. The molecule has 0 aromatic carbocycles. The van der Waals surface area contributed by atoms with E-state index in [1.54, 1.807) is 13.8 Å². The standard InChI is InChI=1S/C10H19NO4/c1-9(2)14-7-12-5-11-6-13-8-15-10(3)4/h11H,1,3,5-8H2,2,4H3. The van der Waals surface area contributed by atoms with Crippen molar-refractivity contribution in [3.63, 3.8) is 0 Å². The molecule has 0 aliphatic rings. The Morgan fingerprint density at radius 2 is 1.33 bits per heavy atom. The van der Waals surface area contributed by atoms with Crippen LogP contribution in [0.15, 0.2) is 24.7 Å². The lowest BCUT2D eigenvalue weighted by atomic mass is 10.7. The number of allylic oxidation sites excluding steroid dienone is 2. The van der Waals surface area contributed by atoms with Crippen LogP contribution in [0.25, 0.3) is 0 Å². The molecule has 0 amide bonds. The molecule has 0 saturated carbocycles. The van der Waals surface area contributed by atoms with E-state index in [9.17, 15) is 0 Å². The van der Waals surface area contributed by atoms with Crippen LogP contribution in [0.1, 0.15) is 13.8 Å². The molecule has 0 unspecified atom stereocenters. The lowest BCUT2D eigenvalue weighted by Gasteiger charge is -2.09. The molecule has 5 nitrogen and oxygen atoms in total. The molecule has 0 aliphatic heterocycles. The minimum absolute atomic E-state index is 0.185. The number of ether oxygens (including phenoxy) is 4. The molecule has 0 fully saturated rings. The third-order valence-electron chi connectivity index (χ3n) is 1.19. The molecule has 88 valence electrons. The highest BCUT2D eigenvalue weighted by molar-refractivity contribution is 4.72. The van der Waals surface area contributed by atoms with Crippen molar-refractivity contribution in [1.82, 2.24) is 5.32 Å². The summed E-state index contributed by atoms with van der Waals surface area (Å²) in [5, 5.41) is 2.87. The fraction of sp³-hybridized carbons (Fsp3) is 0.600. The van der Waals surface area contributed by atoms with Gasteiger partial charge in [-0.05, 0) is 13.8 Å². The van der Waals surface area contributed by atoms with E-state index >= 15 is 0 Å². The molecule has 0 bridgehead atoms. The summed E-state index contributed by atoms with van der Waals surface area (Å²) in [7, 11) is 0. The summed E-state index contributed by atoms with van der Waals surface area (Å²) < 4.78 is 20.0. The fourth-order valence-electron chi connectivity index (χ4n) is 0.554. The first-order valence-electron chi connectivity index (χ1n) is 4.55. The maximum atomic E-state index is 5.04. The van der Waals surface area contributed by atoms with Gasteiger partial charge < -0.3 is 18.9 Å². The minimum Gasteiger partial charge on any atom is -0.473 e. The van der Waals surface area contributed by atoms with Crippen LogP contribution in [0.2, 0.25) is 0 Å². The van der Waals surface area contributed by atoms with E-state index in [2.05, 4.69) is 18.5 Å². The Morgan fingerprint density at radius 1 is 0.933 bits per heavy atom. The zero-order valence-corrected chi connectivity index (χ0v) is 9.38. The van der Waals surface area contributed by atoms with Gasteiger partial charge in [-0.25, -0.2) is 0 Å². The van der Waals surface area contributed by atoms with Crippen LogP contribution in [0.5, 0.6) is 0 Å². The number of rotatable bonds is 10. The van der Waals surface area contributed by atoms with E-state index in [1.807, 2.05) is 0 Å². The van der Waals surface area contributed by atoms with Gasteiger partial charge in [0.25, 0.3) is 0 Å². The molecule has 0 radical (unpaired) electrons. The van der Waals surface area contributed by atoms with Gasteiger partial charge >= 0.3 is 0 Å². The average molecular weight is 217 g/mol. The topological polar surface area (TPSA) is 49.0 Å². The predicted octanol–water partition coefficient (Wildman–Crippen LogP) is 1.54. The van der Waals surface area contributed by atoms with E-state index < -0.39 is 0 Å². The summed E-state index contributed by atoms with van der Waals surface area (Å²) in [4.78, 5) is 0. The Balaban J connectivity index is 2.99. The van der Waals surface area contributed by atoms with Crippen LogP contribution in [-0.2, 0) is 18.9 Å². The fourth-order valence-corrected chi connectivity index (χ4v) is 0.554. The van der Waals surface area contributed by atoms with Crippen molar-refractivity contribution in [1.29, 1.82) is 0 Å². The summed E-state index contributed by atoms with van der Waals surface area (Å²) in [5.74, 6) is 1.25. The predicted molar refractivity (Wildman–Crippen MR) is 56.6 cm³/mol. The van der Waals surface area contributed by atoms with Crippen molar-refractivity contribution in [2.45, 2.75) is 13.8 Å². The first kappa shape index (κ1) is 14.0. The van der Waals surface area contributed by atoms with Gasteiger partial charge in [0.15, 0.2) is 13.6 Å². The van der Waals surface area contributed by atoms with Gasteiger partial charge in [-0.3, -0.25) is 5.32 Å². The second-order valence-corrected chi connectivity index (χ2v) is 2.88. The first-order valence-corrected chi connectivity index (χ1v) is 4.55. The Bertz CT molecular complexity index is 174. The quantitative estimate of drug-likeness (QED) is 0.342. The third-order valence-corrected chi connectivity index (χ3v) is 1.19. The molecule has 0 aliphatic carbocycles. The second-order valence-electron chi connectivity index (χ2n) is 2.88. The van der Waals surface area contributed by atoms with Gasteiger partial charge in [0.1, 0.15) is 13.5 Å². The highest BCUT2D eigenvalue weighted by Gasteiger charge is 1.89. The van der Waals surface area contributed by atoms with Crippen LogP contribution in [0.4, 0.5) is 0 Å². The van der Waals surface area contributed by atoms with Crippen molar-refractivity contribution >= 4 is 0 Å². The zero-order chi connectivity index (χ0) is 11.5. The molecule has 0 spiro atoms. The second kappa shape index (κ2) is 9.51.